The third-order valence-corrected chi connectivity index (χ3v) is 6.10. The summed E-state index contributed by atoms with van der Waals surface area (Å²) in [7, 11) is 0. The average Bonchev–Trinajstić information content (AvgIpc) is 3.18. The molecule has 3 aromatic rings. The molecule has 1 aliphatic rings. The van der Waals surface area contributed by atoms with Gasteiger partial charge in [0.25, 0.3) is 5.56 Å². The minimum atomic E-state index is -4.45. The minimum Gasteiger partial charge on any atom is -0.379 e. The van der Waals surface area contributed by atoms with Crippen molar-refractivity contribution >= 4 is 22.4 Å². The molecule has 0 amide bonds. The highest BCUT2D eigenvalue weighted by atomic mass is 19.4. The Bertz CT molecular complexity index is 1270. The van der Waals surface area contributed by atoms with Gasteiger partial charge in [0.1, 0.15) is 11.4 Å². The lowest BCUT2D eigenvalue weighted by atomic mass is 9.89. The van der Waals surface area contributed by atoms with Crippen LogP contribution in [0.15, 0.2) is 41.3 Å². The molecule has 3 heterocycles. The van der Waals surface area contributed by atoms with Gasteiger partial charge in [-0.3, -0.25) is 9.48 Å². The number of pyridine rings is 1. The Morgan fingerprint density at radius 1 is 1.29 bits per heavy atom. The van der Waals surface area contributed by atoms with Gasteiger partial charge in [-0.25, -0.2) is 0 Å². The van der Waals surface area contributed by atoms with Crippen molar-refractivity contribution in [1.82, 2.24) is 20.1 Å². The number of ether oxygens (including phenoxy) is 1. The predicted molar refractivity (Wildman–Crippen MR) is 125 cm³/mol. The van der Waals surface area contributed by atoms with Crippen molar-refractivity contribution < 1.29 is 17.9 Å². The topological polar surface area (TPSA) is 108 Å². The van der Waals surface area contributed by atoms with Crippen LogP contribution in [0.1, 0.15) is 44.7 Å². The Hall–Kier alpha value is -3.36. The summed E-state index contributed by atoms with van der Waals surface area (Å²) in [5.41, 5.74) is 0.0214. The fourth-order valence-electron chi connectivity index (χ4n) is 4.50. The number of nitrogens with zero attached hydrogens (tertiary/aromatic N) is 3. The van der Waals surface area contributed by atoms with Crippen LogP contribution < -0.4 is 16.2 Å². The second kappa shape index (κ2) is 9.71. The van der Waals surface area contributed by atoms with Gasteiger partial charge in [0, 0.05) is 24.5 Å². The van der Waals surface area contributed by atoms with E-state index in [0.717, 1.165) is 6.42 Å². The number of halogens is 3. The van der Waals surface area contributed by atoms with Crippen molar-refractivity contribution in [3.63, 3.8) is 0 Å². The minimum absolute atomic E-state index is 0.0808. The highest BCUT2D eigenvalue weighted by molar-refractivity contribution is 5.91. The maximum Gasteiger partial charge on any atom is 0.407 e. The van der Waals surface area contributed by atoms with Crippen LogP contribution in [0.3, 0.4) is 0 Å². The van der Waals surface area contributed by atoms with Crippen molar-refractivity contribution in [3.05, 3.63) is 52.4 Å². The van der Waals surface area contributed by atoms with Crippen LogP contribution in [0, 0.1) is 11.3 Å². The fourth-order valence-corrected chi connectivity index (χ4v) is 4.50. The Morgan fingerprint density at radius 3 is 2.63 bits per heavy atom. The molecule has 1 saturated heterocycles. The number of hydrogen-bond acceptors (Lipinski definition) is 6. The van der Waals surface area contributed by atoms with Gasteiger partial charge in [0.2, 0.25) is 0 Å². The molecule has 0 spiro atoms. The van der Waals surface area contributed by atoms with E-state index in [4.69, 9.17) is 4.74 Å². The zero-order valence-corrected chi connectivity index (χ0v) is 19.4. The normalized spacial score (nSPS) is 19.6. The quantitative estimate of drug-likeness (QED) is 0.452. The molecule has 0 unspecified atom stereocenters. The van der Waals surface area contributed by atoms with Crippen LogP contribution in [0.5, 0.6) is 0 Å². The van der Waals surface area contributed by atoms with Gasteiger partial charge in [-0.05, 0) is 36.6 Å². The third-order valence-electron chi connectivity index (χ3n) is 6.10. The summed E-state index contributed by atoms with van der Waals surface area (Å²) >= 11 is 0. The number of benzene rings is 1. The lowest BCUT2D eigenvalue weighted by Crippen LogP contribution is -2.42. The molecule has 35 heavy (non-hydrogen) atoms. The van der Waals surface area contributed by atoms with Crippen LogP contribution in [0.2, 0.25) is 0 Å². The van der Waals surface area contributed by atoms with E-state index >= 15 is 0 Å². The summed E-state index contributed by atoms with van der Waals surface area (Å²) in [6.45, 7) is 4.20. The molecule has 2 atom stereocenters. The molecule has 3 N–H and O–H groups in total. The molecule has 0 saturated carbocycles. The van der Waals surface area contributed by atoms with Gasteiger partial charge in [-0.15, -0.1) is 0 Å². The monoisotopic (exact) mass is 488 g/mol. The Morgan fingerprint density at radius 2 is 2.03 bits per heavy atom. The average molecular weight is 489 g/mol. The van der Waals surface area contributed by atoms with Crippen molar-refractivity contribution in [2.24, 2.45) is 0 Å². The first-order valence-electron chi connectivity index (χ1n) is 11.4. The number of fused-ring (bicyclic) bond motifs is 1. The van der Waals surface area contributed by atoms with Gasteiger partial charge < -0.3 is 20.4 Å². The van der Waals surface area contributed by atoms with E-state index in [0.29, 0.717) is 36.2 Å². The van der Waals surface area contributed by atoms with Gasteiger partial charge in [-0.2, -0.15) is 23.5 Å². The number of nitrogens with one attached hydrogen (secondary N) is 3. The summed E-state index contributed by atoms with van der Waals surface area (Å²) in [5, 5.41) is 20.1. The lowest BCUT2D eigenvalue weighted by molar-refractivity contribution is -0.159. The molecule has 1 aromatic carbocycles. The molecule has 1 fully saturated rings. The molecule has 4 rings (SSSR count). The number of anilines is 2. The van der Waals surface area contributed by atoms with Crippen LogP contribution in [-0.2, 0) is 10.3 Å². The molecular formula is C24H27F3N6O2. The lowest BCUT2D eigenvalue weighted by Gasteiger charge is -2.35. The summed E-state index contributed by atoms with van der Waals surface area (Å²) < 4.78 is 48.0. The Kier molecular flexibility index (Phi) is 6.87. The molecule has 0 radical (unpaired) electrons. The van der Waals surface area contributed by atoms with E-state index in [1.54, 1.807) is 24.6 Å². The molecule has 0 bridgehead atoms. The van der Waals surface area contributed by atoms with Crippen molar-refractivity contribution in [1.29, 1.82) is 5.26 Å². The molecule has 1 aliphatic heterocycles. The first-order valence-corrected chi connectivity index (χ1v) is 11.4. The molecule has 2 aromatic heterocycles. The van der Waals surface area contributed by atoms with Crippen molar-refractivity contribution in [3.8, 4) is 6.07 Å². The highest BCUT2D eigenvalue weighted by Crippen LogP contribution is 2.36. The van der Waals surface area contributed by atoms with E-state index in [2.05, 4.69) is 26.8 Å². The molecule has 0 aliphatic carbocycles. The molecule has 11 heteroatoms. The SMILES string of the molecule is CC(C)N[C@H](c1ccc(Nc2nn([C@]3(CC#N)CCCOC3)c3cc[nH]c(=O)c23)cc1)C(F)(F)F. The van der Waals surface area contributed by atoms with E-state index in [-0.39, 0.29) is 29.4 Å². The van der Waals surface area contributed by atoms with Crippen LogP contribution >= 0.6 is 0 Å². The Labute approximate surface area is 200 Å². The zero-order chi connectivity index (χ0) is 25.2. The maximum atomic E-state index is 13.5. The first kappa shape index (κ1) is 24.8. The standard InChI is InChI=1S/C24H27F3N6O2/c1-15(2)30-20(24(25,26)27)16-4-6-17(7-5-16)31-21-19-18(8-12-29-22(19)34)33(32-21)23(10-11-28)9-3-13-35-14-23/h4-8,12,15,20,30H,3,9-10,13-14H2,1-2H3,(H,29,34)(H,31,32)/t20-,23+/m1/s1. The summed E-state index contributed by atoms with van der Waals surface area (Å²) in [4.78, 5) is 15.4. The molecule has 186 valence electrons. The number of aromatic amines is 1. The van der Waals surface area contributed by atoms with Gasteiger partial charge in [0.05, 0.1) is 30.2 Å². The summed E-state index contributed by atoms with van der Waals surface area (Å²) in [6, 6.07) is 7.61. The number of H-pyrrole nitrogens is 1. The summed E-state index contributed by atoms with van der Waals surface area (Å²) in [5.74, 6) is 0.255. The largest absolute Gasteiger partial charge is 0.407 e. The second-order valence-corrected chi connectivity index (χ2v) is 9.09. The third kappa shape index (κ3) is 5.04. The zero-order valence-electron chi connectivity index (χ0n) is 19.4. The second-order valence-electron chi connectivity index (χ2n) is 9.09. The number of hydrogen-bond donors (Lipinski definition) is 3. The van der Waals surface area contributed by atoms with Crippen LogP contribution in [-0.4, -0.2) is 40.2 Å². The molecular weight excluding hydrogens is 461 g/mol. The molecule has 8 nitrogen and oxygen atoms in total. The number of nitriles is 1. The fraction of sp³-hybridized carbons (Fsp3) is 0.458. The van der Waals surface area contributed by atoms with E-state index in [9.17, 15) is 23.2 Å². The maximum absolute atomic E-state index is 13.5. The highest BCUT2D eigenvalue weighted by Gasteiger charge is 2.41. The smallest absolute Gasteiger partial charge is 0.379 e. The van der Waals surface area contributed by atoms with Gasteiger partial charge >= 0.3 is 6.18 Å². The Balaban J connectivity index is 1.71. The van der Waals surface area contributed by atoms with Gasteiger partial charge in [-0.1, -0.05) is 26.0 Å². The number of aromatic nitrogens is 3. The van der Waals surface area contributed by atoms with Crippen LogP contribution in [0.4, 0.5) is 24.7 Å². The first-order chi connectivity index (χ1) is 16.6. The summed E-state index contributed by atoms with van der Waals surface area (Å²) in [6.07, 6.45) is -1.35. The predicted octanol–water partition coefficient (Wildman–Crippen LogP) is 4.49. The van der Waals surface area contributed by atoms with E-state index in [1.807, 2.05) is 0 Å². The van der Waals surface area contributed by atoms with Crippen molar-refractivity contribution in [2.75, 3.05) is 18.5 Å². The van der Waals surface area contributed by atoms with E-state index < -0.39 is 17.8 Å². The van der Waals surface area contributed by atoms with Crippen molar-refractivity contribution in [2.45, 2.75) is 56.9 Å². The van der Waals surface area contributed by atoms with E-state index in [1.165, 1.54) is 30.5 Å². The van der Waals surface area contributed by atoms with Gasteiger partial charge in [0.15, 0.2) is 5.82 Å². The number of alkyl halides is 3. The number of rotatable bonds is 7. The van der Waals surface area contributed by atoms with Crippen LogP contribution in [0.25, 0.3) is 10.9 Å².